The third-order valence-electron chi connectivity index (χ3n) is 6.20. The van der Waals surface area contributed by atoms with Crippen LogP contribution in [0.3, 0.4) is 0 Å². The summed E-state index contributed by atoms with van der Waals surface area (Å²) in [6.45, 7) is 0. The van der Waals surface area contributed by atoms with Crippen molar-refractivity contribution in [3.05, 3.63) is 127 Å². The molecule has 1 heterocycles. The quantitative estimate of drug-likeness (QED) is 0.296. The Morgan fingerprint density at radius 3 is 1.63 bits per heavy atom. The highest BCUT2D eigenvalue weighted by Gasteiger charge is 2.13. The minimum atomic E-state index is 0.269. The van der Waals surface area contributed by atoms with Crippen molar-refractivity contribution in [1.29, 1.82) is 0 Å². The summed E-state index contributed by atoms with van der Waals surface area (Å²) in [6, 6.07) is 42.3. The number of hydrogen-bond donors (Lipinski definition) is 1. The molecule has 0 atom stereocenters. The predicted octanol–water partition coefficient (Wildman–Crippen LogP) is 8.00. The first-order chi connectivity index (χ1) is 17.3. The van der Waals surface area contributed by atoms with Crippen LogP contribution in [0.1, 0.15) is 0 Å². The van der Waals surface area contributed by atoms with Gasteiger partial charge in [-0.25, -0.2) is 9.97 Å². The van der Waals surface area contributed by atoms with E-state index in [1.165, 1.54) is 0 Å². The standard InChI is InChI=1S/C32H22N2O/c35-30-20-19-22-9-7-8-14-27(22)31(30)25-15-17-26(18-16-25)32-33-28(23-10-3-1-4-11-23)21-29(34-32)24-12-5-2-6-13-24/h1-21,35H. The molecule has 0 aliphatic rings. The van der Waals surface area contributed by atoms with Crippen LogP contribution in [0.2, 0.25) is 0 Å². The van der Waals surface area contributed by atoms with E-state index in [0.717, 1.165) is 50.0 Å². The summed E-state index contributed by atoms with van der Waals surface area (Å²) >= 11 is 0. The first-order valence-corrected chi connectivity index (χ1v) is 11.6. The lowest BCUT2D eigenvalue weighted by atomic mass is 9.96. The van der Waals surface area contributed by atoms with Crippen molar-refractivity contribution < 1.29 is 5.11 Å². The maximum absolute atomic E-state index is 10.6. The van der Waals surface area contributed by atoms with E-state index in [1.54, 1.807) is 6.07 Å². The highest BCUT2D eigenvalue weighted by atomic mass is 16.3. The van der Waals surface area contributed by atoms with E-state index in [2.05, 4.69) is 30.3 Å². The molecule has 0 aliphatic carbocycles. The van der Waals surface area contributed by atoms with Crippen LogP contribution in [0.15, 0.2) is 127 Å². The molecule has 3 nitrogen and oxygen atoms in total. The summed E-state index contributed by atoms with van der Waals surface area (Å²) in [7, 11) is 0. The fourth-order valence-electron chi connectivity index (χ4n) is 4.44. The third-order valence-corrected chi connectivity index (χ3v) is 6.20. The van der Waals surface area contributed by atoms with Gasteiger partial charge in [0.1, 0.15) is 5.75 Å². The number of phenols is 1. The second-order valence-corrected chi connectivity index (χ2v) is 8.45. The monoisotopic (exact) mass is 450 g/mol. The van der Waals surface area contributed by atoms with Crippen LogP contribution < -0.4 is 0 Å². The Morgan fingerprint density at radius 1 is 0.457 bits per heavy atom. The minimum absolute atomic E-state index is 0.269. The molecule has 0 unspecified atom stereocenters. The Bertz CT molecular complexity index is 1570. The number of fused-ring (bicyclic) bond motifs is 1. The molecule has 0 radical (unpaired) electrons. The van der Waals surface area contributed by atoms with E-state index in [0.29, 0.717) is 5.82 Å². The van der Waals surface area contributed by atoms with Gasteiger partial charge in [-0.15, -0.1) is 0 Å². The summed E-state index contributed by atoms with van der Waals surface area (Å²) in [6.07, 6.45) is 0. The Hall–Kier alpha value is -4.76. The molecular formula is C32H22N2O. The van der Waals surface area contributed by atoms with Gasteiger partial charge < -0.3 is 5.11 Å². The molecule has 5 aromatic carbocycles. The van der Waals surface area contributed by atoms with Crippen LogP contribution in [0.25, 0.3) is 55.8 Å². The number of aromatic nitrogens is 2. The highest BCUT2D eigenvalue weighted by Crippen LogP contribution is 2.37. The number of benzene rings is 5. The molecule has 6 rings (SSSR count). The van der Waals surface area contributed by atoms with Gasteiger partial charge in [-0.1, -0.05) is 115 Å². The second-order valence-electron chi connectivity index (χ2n) is 8.45. The first-order valence-electron chi connectivity index (χ1n) is 11.6. The number of phenolic OH excluding ortho intramolecular Hbond substituents is 1. The number of rotatable bonds is 4. The number of nitrogens with zero attached hydrogens (tertiary/aromatic N) is 2. The Morgan fingerprint density at radius 2 is 1.00 bits per heavy atom. The fraction of sp³-hybridized carbons (Fsp3) is 0. The summed E-state index contributed by atoms with van der Waals surface area (Å²) in [5, 5.41) is 12.8. The molecule has 0 spiro atoms. The first kappa shape index (κ1) is 20.8. The largest absolute Gasteiger partial charge is 0.507 e. The smallest absolute Gasteiger partial charge is 0.160 e. The van der Waals surface area contributed by atoms with Crippen molar-refractivity contribution in [2.75, 3.05) is 0 Å². The van der Waals surface area contributed by atoms with Crippen molar-refractivity contribution in [2.24, 2.45) is 0 Å². The Labute approximate surface area is 204 Å². The second kappa shape index (κ2) is 8.88. The van der Waals surface area contributed by atoms with Gasteiger partial charge >= 0.3 is 0 Å². The van der Waals surface area contributed by atoms with Crippen molar-refractivity contribution in [3.8, 4) is 50.8 Å². The van der Waals surface area contributed by atoms with Gasteiger partial charge in [0.05, 0.1) is 11.4 Å². The molecule has 0 aliphatic heterocycles. The normalized spacial score (nSPS) is 11.0. The fourth-order valence-corrected chi connectivity index (χ4v) is 4.44. The lowest BCUT2D eigenvalue weighted by Crippen LogP contribution is -1.96. The summed E-state index contributed by atoms with van der Waals surface area (Å²) in [5.41, 5.74) is 6.55. The van der Waals surface area contributed by atoms with Crippen molar-refractivity contribution in [1.82, 2.24) is 9.97 Å². The van der Waals surface area contributed by atoms with Crippen LogP contribution in [0.5, 0.6) is 5.75 Å². The van der Waals surface area contributed by atoms with Gasteiger partial charge in [0.25, 0.3) is 0 Å². The maximum Gasteiger partial charge on any atom is 0.160 e. The number of aromatic hydroxyl groups is 1. The third kappa shape index (κ3) is 4.04. The average molecular weight is 451 g/mol. The van der Waals surface area contributed by atoms with E-state index in [9.17, 15) is 5.11 Å². The summed E-state index contributed by atoms with van der Waals surface area (Å²) in [5.74, 6) is 0.934. The predicted molar refractivity (Wildman–Crippen MR) is 143 cm³/mol. The molecule has 0 fully saturated rings. The Kier molecular flexibility index (Phi) is 5.28. The molecule has 166 valence electrons. The van der Waals surface area contributed by atoms with Gasteiger partial charge in [0.2, 0.25) is 0 Å². The summed E-state index contributed by atoms with van der Waals surface area (Å²) in [4.78, 5) is 9.82. The lowest BCUT2D eigenvalue weighted by Gasteiger charge is -2.12. The van der Waals surface area contributed by atoms with E-state index < -0.39 is 0 Å². The van der Waals surface area contributed by atoms with Crippen LogP contribution in [0.4, 0.5) is 0 Å². The van der Waals surface area contributed by atoms with Gasteiger partial charge in [-0.2, -0.15) is 0 Å². The van der Waals surface area contributed by atoms with E-state index in [1.807, 2.05) is 91.0 Å². The SMILES string of the molecule is Oc1ccc2ccccc2c1-c1ccc(-c2nc(-c3ccccc3)cc(-c3ccccc3)n2)cc1. The molecule has 1 aromatic heterocycles. The van der Waals surface area contributed by atoms with Crippen LogP contribution in [-0.2, 0) is 0 Å². The topological polar surface area (TPSA) is 46.0 Å². The average Bonchev–Trinajstić information content (AvgIpc) is 2.94. The van der Waals surface area contributed by atoms with Crippen LogP contribution in [0, 0.1) is 0 Å². The van der Waals surface area contributed by atoms with Gasteiger partial charge in [-0.05, 0) is 28.5 Å². The molecule has 0 amide bonds. The zero-order chi connectivity index (χ0) is 23.6. The van der Waals surface area contributed by atoms with Crippen molar-refractivity contribution >= 4 is 10.8 Å². The van der Waals surface area contributed by atoms with Crippen LogP contribution >= 0.6 is 0 Å². The van der Waals surface area contributed by atoms with Crippen molar-refractivity contribution in [3.63, 3.8) is 0 Å². The van der Waals surface area contributed by atoms with Gasteiger partial charge in [0.15, 0.2) is 5.82 Å². The van der Waals surface area contributed by atoms with Crippen LogP contribution in [-0.4, -0.2) is 15.1 Å². The molecule has 3 heteroatoms. The zero-order valence-electron chi connectivity index (χ0n) is 19.0. The maximum atomic E-state index is 10.6. The molecule has 0 bridgehead atoms. The van der Waals surface area contributed by atoms with E-state index in [4.69, 9.17) is 9.97 Å². The molecule has 0 saturated heterocycles. The minimum Gasteiger partial charge on any atom is -0.507 e. The molecule has 1 N–H and O–H groups in total. The van der Waals surface area contributed by atoms with Gasteiger partial charge in [-0.3, -0.25) is 0 Å². The summed E-state index contributed by atoms with van der Waals surface area (Å²) < 4.78 is 0. The zero-order valence-corrected chi connectivity index (χ0v) is 19.0. The van der Waals surface area contributed by atoms with E-state index >= 15 is 0 Å². The van der Waals surface area contributed by atoms with E-state index in [-0.39, 0.29) is 5.75 Å². The number of hydrogen-bond acceptors (Lipinski definition) is 3. The molecular weight excluding hydrogens is 428 g/mol. The van der Waals surface area contributed by atoms with Crippen molar-refractivity contribution in [2.45, 2.75) is 0 Å². The molecule has 0 saturated carbocycles. The highest BCUT2D eigenvalue weighted by molar-refractivity contribution is 5.99. The Balaban J connectivity index is 1.47. The molecule has 6 aromatic rings. The lowest BCUT2D eigenvalue weighted by molar-refractivity contribution is 0.478. The van der Waals surface area contributed by atoms with Gasteiger partial charge in [0, 0.05) is 22.3 Å². The molecule has 35 heavy (non-hydrogen) atoms.